The van der Waals surface area contributed by atoms with Gasteiger partial charge >= 0.3 is 6.18 Å². The van der Waals surface area contributed by atoms with Crippen LogP contribution in [-0.2, 0) is 0 Å². The number of hydrogen-bond donors (Lipinski definition) is 1. The van der Waals surface area contributed by atoms with Gasteiger partial charge < -0.3 is 5.32 Å². The SMILES string of the molecule is O=C(NC1CCN(CC(F)(F)F)CC1)c1cnc(-c2ccccc2F)nc1. The van der Waals surface area contributed by atoms with E-state index >= 15 is 0 Å². The van der Waals surface area contributed by atoms with Crippen molar-refractivity contribution >= 4 is 5.91 Å². The lowest BCUT2D eigenvalue weighted by atomic mass is 10.0. The van der Waals surface area contributed by atoms with E-state index in [0.29, 0.717) is 12.8 Å². The minimum atomic E-state index is -4.21. The second-order valence-corrected chi connectivity index (χ2v) is 6.41. The number of rotatable bonds is 4. The van der Waals surface area contributed by atoms with Crippen LogP contribution in [0.25, 0.3) is 11.4 Å². The van der Waals surface area contributed by atoms with E-state index in [1.165, 1.54) is 23.4 Å². The molecule has 0 bridgehead atoms. The topological polar surface area (TPSA) is 58.1 Å². The maximum Gasteiger partial charge on any atom is 0.401 e. The number of hydrogen-bond acceptors (Lipinski definition) is 4. The Labute approximate surface area is 153 Å². The third-order valence-electron chi connectivity index (χ3n) is 4.35. The van der Waals surface area contributed by atoms with E-state index in [1.54, 1.807) is 18.2 Å². The lowest BCUT2D eigenvalue weighted by Gasteiger charge is -2.32. The average molecular weight is 382 g/mol. The molecule has 1 amide bonds. The molecule has 0 saturated carbocycles. The van der Waals surface area contributed by atoms with Crippen molar-refractivity contribution in [1.82, 2.24) is 20.2 Å². The van der Waals surface area contributed by atoms with E-state index in [1.807, 2.05) is 0 Å². The van der Waals surface area contributed by atoms with Gasteiger partial charge in [-0.25, -0.2) is 14.4 Å². The summed E-state index contributed by atoms with van der Waals surface area (Å²) in [6.07, 6.45) is -0.717. The first-order valence-electron chi connectivity index (χ1n) is 8.49. The molecule has 2 heterocycles. The Morgan fingerprint density at radius 3 is 2.37 bits per heavy atom. The van der Waals surface area contributed by atoms with Crippen LogP contribution in [0.1, 0.15) is 23.2 Å². The summed E-state index contributed by atoms with van der Waals surface area (Å²) >= 11 is 0. The van der Waals surface area contributed by atoms with Gasteiger partial charge in [0.2, 0.25) is 0 Å². The van der Waals surface area contributed by atoms with Gasteiger partial charge in [-0.3, -0.25) is 9.69 Å². The van der Waals surface area contributed by atoms with Crippen molar-refractivity contribution in [2.24, 2.45) is 0 Å². The van der Waals surface area contributed by atoms with E-state index < -0.39 is 24.4 Å². The van der Waals surface area contributed by atoms with Crippen molar-refractivity contribution in [2.75, 3.05) is 19.6 Å². The Bertz CT molecular complexity index is 787. The third-order valence-corrected chi connectivity index (χ3v) is 4.35. The molecular formula is C18H18F4N4O. The van der Waals surface area contributed by atoms with E-state index in [0.717, 1.165) is 0 Å². The van der Waals surface area contributed by atoms with Crippen molar-refractivity contribution in [1.29, 1.82) is 0 Å². The lowest BCUT2D eigenvalue weighted by Crippen LogP contribution is -2.47. The Morgan fingerprint density at radius 2 is 1.78 bits per heavy atom. The quantitative estimate of drug-likeness (QED) is 0.826. The van der Waals surface area contributed by atoms with Crippen molar-refractivity contribution in [3.05, 3.63) is 48.0 Å². The first-order chi connectivity index (χ1) is 12.8. The van der Waals surface area contributed by atoms with E-state index in [2.05, 4.69) is 15.3 Å². The van der Waals surface area contributed by atoms with Crippen LogP contribution in [0.2, 0.25) is 0 Å². The molecule has 1 N–H and O–H groups in total. The summed E-state index contributed by atoms with van der Waals surface area (Å²) in [4.78, 5) is 21.7. The van der Waals surface area contributed by atoms with Crippen molar-refractivity contribution in [3.63, 3.8) is 0 Å². The summed E-state index contributed by atoms with van der Waals surface area (Å²) in [6.45, 7) is -0.390. The molecule has 1 aromatic carbocycles. The van der Waals surface area contributed by atoms with Crippen LogP contribution in [0.5, 0.6) is 0 Å². The summed E-state index contributed by atoms with van der Waals surface area (Å²) in [5.74, 6) is -0.685. The highest BCUT2D eigenvalue weighted by Crippen LogP contribution is 2.20. The second kappa shape index (κ2) is 7.99. The summed E-state index contributed by atoms with van der Waals surface area (Å²) in [6, 6.07) is 5.85. The van der Waals surface area contributed by atoms with Gasteiger partial charge in [0, 0.05) is 31.5 Å². The minimum absolute atomic E-state index is 0.171. The summed E-state index contributed by atoms with van der Waals surface area (Å²) in [5, 5.41) is 2.79. The number of nitrogens with zero attached hydrogens (tertiary/aromatic N) is 3. The number of nitrogens with one attached hydrogen (secondary N) is 1. The molecule has 3 rings (SSSR count). The zero-order valence-corrected chi connectivity index (χ0v) is 14.3. The Hall–Kier alpha value is -2.55. The standard InChI is InChI=1S/C18H18F4N4O/c19-15-4-2-1-3-14(15)16-23-9-12(10-24-16)17(27)25-13-5-7-26(8-6-13)11-18(20,21)22/h1-4,9-10,13H,5-8,11H2,(H,25,27). The van der Waals surface area contributed by atoms with Crippen molar-refractivity contribution in [2.45, 2.75) is 25.1 Å². The number of aromatic nitrogens is 2. The second-order valence-electron chi connectivity index (χ2n) is 6.41. The highest BCUT2D eigenvalue weighted by molar-refractivity contribution is 5.93. The number of halogens is 4. The third kappa shape index (κ3) is 5.22. The fourth-order valence-electron chi connectivity index (χ4n) is 2.98. The number of alkyl halides is 3. The van der Waals surface area contributed by atoms with Crippen LogP contribution in [0.3, 0.4) is 0 Å². The van der Waals surface area contributed by atoms with Crippen LogP contribution < -0.4 is 5.32 Å². The van der Waals surface area contributed by atoms with Gasteiger partial charge in [-0.1, -0.05) is 12.1 Å². The van der Waals surface area contributed by atoms with Crippen molar-refractivity contribution < 1.29 is 22.4 Å². The maximum atomic E-state index is 13.7. The van der Waals surface area contributed by atoms with Gasteiger partial charge in [-0.2, -0.15) is 13.2 Å². The van der Waals surface area contributed by atoms with Gasteiger partial charge in [0.25, 0.3) is 5.91 Å². The lowest BCUT2D eigenvalue weighted by molar-refractivity contribution is -0.148. The molecule has 1 aliphatic rings. The van der Waals surface area contributed by atoms with Crippen LogP contribution in [0.15, 0.2) is 36.7 Å². The molecule has 0 atom stereocenters. The van der Waals surface area contributed by atoms with Crippen LogP contribution in [0, 0.1) is 5.82 Å². The summed E-state index contributed by atoms with van der Waals surface area (Å²) < 4.78 is 50.9. The van der Waals surface area contributed by atoms with Gasteiger partial charge in [-0.15, -0.1) is 0 Å². The monoisotopic (exact) mass is 382 g/mol. The summed E-state index contributed by atoms with van der Waals surface area (Å²) in [7, 11) is 0. The largest absolute Gasteiger partial charge is 0.401 e. The number of carbonyl (C=O) groups excluding carboxylic acids is 1. The molecule has 0 unspecified atom stereocenters. The number of amides is 1. The molecule has 144 valence electrons. The highest BCUT2D eigenvalue weighted by Gasteiger charge is 2.32. The predicted octanol–water partition coefficient (Wildman–Crippen LogP) is 3.04. The minimum Gasteiger partial charge on any atom is -0.349 e. The summed E-state index contributed by atoms with van der Waals surface area (Å²) in [5.41, 5.74) is 0.453. The average Bonchev–Trinajstić information content (AvgIpc) is 2.63. The number of piperidine rings is 1. The first kappa shape index (κ1) is 19.2. The van der Waals surface area contributed by atoms with Gasteiger partial charge in [0.05, 0.1) is 17.7 Å². The number of likely N-dealkylation sites (tertiary alicyclic amines) is 1. The van der Waals surface area contributed by atoms with Crippen LogP contribution >= 0.6 is 0 Å². The Morgan fingerprint density at radius 1 is 1.15 bits per heavy atom. The molecule has 2 aromatic rings. The fraction of sp³-hybridized carbons (Fsp3) is 0.389. The fourth-order valence-corrected chi connectivity index (χ4v) is 2.98. The normalized spacial score (nSPS) is 16.3. The van der Waals surface area contributed by atoms with Gasteiger partial charge in [-0.05, 0) is 25.0 Å². The molecule has 5 nitrogen and oxygen atoms in total. The van der Waals surface area contributed by atoms with Crippen LogP contribution in [-0.4, -0.2) is 52.6 Å². The van der Waals surface area contributed by atoms with Crippen molar-refractivity contribution in [3.8, 4) is 11.4 Å². The molecule has 1 saturated heterocycles. The maximum absolute atomic E-state index is 13.7. The number of benzene rings is 1. The molecule has 9 heteroatoms. The Kier molecular flexibility index (Phi) is 5.69. The van der Waals surface area contributed by atoms with E-state index in [-0.39, 0.29) is 36.1 Å². The molecule has 1 aliphatic heterocycles. The molecule has 1 fully saturated rings. The van der Waals surface area contributed by atoms with Gasteiger partial charge in [0.1, 0.15) is 5.82 Å². The van der Waals surface area contributed by atoms with E-state index in [9.17, 15) is 22.4 Å². The Balaban J connectivity index is 1.55. The zero-order valence-electron chi connectivity index (χ0n) is 14.3. The molecule has 0 spiro atoms. The molecule has 0 radical (unpaired) electrons. The van der Waals surface area contributed by atoms with Gasteiger partial charge in [0.15, 0.2) is 5.82 Å². The smallest absolute Gasteiger partial charge is 0.349 e. The molecular weight excluding hydrogens is 364 g/mol. The number of carbonyl (C=O) groups is 1. The molecule has 27 heavy (non-hydrogen) atoms. The molecule has 1 aromatic heterocycles. The van der Waals surface area contributed by atoms with Crippen LogP contribution in [0.4, 0.5) is 17.6 Å². The molecule has 0 aliphatic carbocycles. The predicted molar refractivity (Wildman–Crippen MR) is 90.4 cm³/mol. The zero-order chi connectivity index (χ0) is 19.4. The first-order valence-corrected chi connectivity index (χ1v) is 8.49. The highest BCUT2D eigenvalue weighted by atomic mass is 19.4. The van der Waals surface area contributed by atoms with E-state index in [4.69, 9.17) is 0 Å².